The van der Waals surface area contributed by atoms with Crippen LogP contribution in [0.15, 0.2) is 299 Å². The summed E-state index contributed by atoms with van der Waals surface area (Å²) in [6, 6.07) is 96.4. The Kier molecular flexibility index (Phi) is 28.5. The Morgan fingerprint density at radius 2 is 0.557 bits per heavy atom. The fraction of sp³-hybridized carbons (Fsp3) is 0.231. The van der Waals surface area contributed by atoms with Crippen LogP contribution in [0.1, 0.15) is 191 Å². The van der Waals surface area contributed by atoms with Crippen LogP contribution in [0.25, 0.3) is 46.1 Å². The van der Waals surface area contributed by atoms with Crippen molar-refractivity contribution in [2.24, 2.45) is 0 Å². The van der Waals surface area contributed by atoms with Gasteiger partial charge in [0, 0.05) is 65.5 Å². The molecule has 9 nitrogen and oxygen atoms in total. The van der Waals surface area contributed by atoms with E-state index in [4.69, 9.17) is 10.5 Å². The van der Waals surface area contributed by atoms with Crippen LogP contribution in [0.5, 0.6) is 0 Å². The minimum Gasteiger partial charge on any atom is -0.356 e. The van der Waals surface area contributed by atoms with E-state index in [1.807, 2.05) is 85.0 Å². The van der Waals surface area contributed by atoms with Gasteiger partial charge in [-0.1, -0.05) is 321 Å². The molecule has 0 saturated heterocycles. The molecule has 0 aliphatic carbocycles. The third-order valence-electron chi connectivity index (χ3n) is 19.8. The van der Waals surface area contributed by atoms with Crippen molar-refractivity contribution in [2.75, 3.05) is 15.1 Å². The van der Waals surface area contributed by atoms with Crippen LogP contribution in [0.3, 0.4) is 0 Å². The van der Waals surface area contributed by atoms with Gasteiger partial charge in [-0.05, 0) is 238 Å². The smallest absolute Gasteiger partial charge is 0.266 e. The van der Waals surface area contributed by atoms with E-state index in [1.54, 1.807) is 18.2 Å². The molecule has 2 aromatic heterocycles. The molecule has 11 aromatic carbocycles. The molecule has 3 N–H and O–H groups in total. The summed E-state index contributed by atoms with van der Waals surface area (Å²) in [6.07, 6.45) is 7.79. The number of hydrogen-bond acceptors (Lipinski definition) is 7. The number of benzene rings is 11. The van der Waals surface area contributed by atoms with Crippen molar-refractivity contribution in [3.8, 4) is 12.1 Å². The molecule has 115 heavy (non-hydrogen) atoms. The molecule has 0 radical (unpaired) electrons. The predicted molar refractivity (Wildman–Crippen MR) is 500 cm³/mol. The van der Waals surface area contributed by atoms with Gasteiger partial charge in [-0.25, -0.2) is 0 Å². The van der Waals surface area contributed by atoms with Crippen molar-refractivity contribution in [1.29, 1.82) is 10.5 Å². The molecule has 0 aliphatic rings. The summed E-state index contributed by atoms with van der Waals surface area (Å²) in [6.45, 7) is 47.8. The average molecular weight is 1650 g/mol. The highest BCUT2D eigenvalue weighted by Gasteiger charge is 2.22. The second-order valence-corrected chi connectivity index (χ2v) is 36.8. The Morgan fingerprint density at radius 1 is 0.313 bits per heavy atom. The van der Waals surface area contributed by atoms with Crippen LogP contribution >= 0.6 is 31.9 Å². The molecule has 2 heterocycles. The van der Waals surface area contributed by atoms with E-state index in [0.29, 0.717) is 5.52 Å². The van der Waals surface area contributed by atoms with E-state index in [9.17, 15) is 9.59 Å². The molecule has 11 heteroatoms. The van der Waals surface area contributed by atoms with Crippen molar-refractivity contribution in [2.45, 2.75) is 157 Å². The van der Waals surface area contributed by atoms with Gasteiger partial charge in [0.1, 0.15) is 23.3 Å². The number of rotatable bonds is 12. The van der Waals surface area contributed by atoms with Crippen LogP contribution in [-0.4, -0.2) is 9.97 Å². The summed E-state index contributed by atoms with van der Waals surface area (Å²) in [5, 5.41) is 22.9. The third-order valence-corrected chi connectivity index (χ3v) is 20.8. The van der Waals surface area contributed by atoms with Crippen molar-refractivity contribution < 1.29 is 0 Å². The molecule has 0 bridgehead atoms. The highest BCUT2D eigenvalue weighted by molar-refractivity contribution is 9.10. The second-order valence-electron chi connectivity index (χ2n) is 34.9. The summed E-state index contributed by atoms with van der Waals surface area (Å²) >= 11 is 6.65. The first kappa shape index (κ1) is 87.4. The normalized spacial score (nSPS) is 11.6. The zero-order valence-electron chi connectivity index (χ0n) is 70.0. The number of aromatic nitrogens is 2. The average Bonchev–Trinajstić information content (AvgIpc) is 0.803. The SMILES string of the molecule is C=Cc1ccc(Br)cc1.C=Cc1ccc(N(c2ccc(C(C)(C)C)cc2)c2ccc(C(C)(C)C)cc2)cc1.CC(C)(C)c1ccc(N(c2ccc(/C=C/c3ccc4cc(C#N)c(=O)[nH]c4c3)cc2)c2ccc(C(C)(C)C)cc2)cc1.CC(C)(C)c1ccc(Nc2ccc(C(C)(C)C)cc2)cc1.N#Cc1cc2ccc(Br)cc2[nH]c1=O. The largest absolute Gasteiger partial charge is 0.356 e. The van der Waals surface area contributed by atoms with Crippen molar-refractivity contribution in [3.05, 3.63) is 376 Å². The van der Waals surface area contributed by atoms with Gasteiger partial charge in [0.05, 0.1) is 0 Å². The summed E-state index contributed by atoms with van der Waals surface area (Å²) in [5.74, 6) is 0. The quantitative estimate of drug-likeness (QED) is 0.104. The van der Waals surface area contributed by atoms with Crippen molar-refractivity contribution >= 4 is 123 Å². The molecule has 13 aromatic rings. The minimum absolute atomic E-state index is 0.0889. The lowest BCUT2D eigenvalue weighted by Crippen LogP contribution is -2.14. The van der Waals surface area contributed by atoms with Crippen molar-refractivity contribution in [3.63, 3.8) is 0 Å². The highest BCUT2D eigenvalue weighted by Crippen LogP contribution is 2.40. The standard InChI is InChI=1S/C38H37N3O.C28H33N.C20H27N.C10H5BrN2O.C8H7Br/c1-37(2,3)30-13-19-33(20-14-30)41(34-21-15-31(16-22-34)38(4,5)6)32-17-10-26(11-18-32)7-8-27-9-12-28-24-29(25-39)36(42)40-35(28)23-27;1-8-21-9-15-24(16-10-21)29(25-17-11-22(12-18-25)27(2,3)4)26-19-13-23(14-20-26)28(5,6)7;1-19(2,3)15-7-11-17(12-8-15)21-18-13-9-16(10-14-18)20(4,5)6;11-8-2-1-6-3-7(5-12)10(14)13-9(6)4-8;1-2-7-3-5-8(9)6-4-7/h7-24H,1-6H3,(H,40,42);8-20H,1H2,2-7H3;7-14,21H,1-6H3;1-4H,(H,13,14);2-6H,1H2/b8-7+;;;;. The summed E-state index contributed by atoms with van der Waals surface area (Å²) < 4.78 is 2.00. The summed E-state index contributed by atoms with van der Waals surface area (Å²) in [4.78, 5) is 33.4. The first-order valence-electron chi connectivity index (χ1n) is 38.9. The van der Waals surface area contributed by atoms with Gasteiger partial charge in [0.15, 0.2) is 0 Å². The number of fused-ring (bicyclic) bond motifs is 2. The number of nitrogens with zero attached hydrogens (tertiary/aromatic N) is 4. The van der Waals surface area contributed by atoms with E-state index in [0.717, 1.165) is 93.0 Å². The van der Waals surface area contributed by atoms with Crippen LogP contribution in [0, 0.1) is 22.7 Å². The fourth-order valence-electron chi connectivity index (χ4n) is 12.6. The van der Waals surface area contributed by atoms with Crippen LogP contribution in [0.2, 0.25) is 0 Å². The molecule has 0 spiro atoms. The summed E-state index contributed by atoms with van der Waals surface area (Å²) in [5.41, 5.74) is 23.2. The number of nitriles is 2. The zero-order valence-corrected chi connectivity index (χ0v) is 73.2. The maximum absolute atomic E-state index is 12.1. The van der Waals surface area contributed by atoms with E-state index in [1.165, 1.54) is 33.4 Å². The number of halogens is 2. The number of H-pyrrole nitrogens is 2. The molecule has 0 fully saturated rings. The third kappa shape index (κ3) is 24.5. The molecule has 0 aliphatic heterocycles. The van der Waals surface area contributed by atoms with E-state index >= 15 is 0 Å². The monoisotopic (exact) mass is 1650 g/mol. The Labute approximate surface area is 699 Å². The number of pyridine rings is 2. The van der Waals surface area contributed by atoms with Crippen LogP contribution in [0.4, 0.5) is 45.5 Å². The maximum Gasteiger partial charge on any atom is 0.266 e. The Balaban J connectivity index is 0.000000179. The van der Waals surface area contributed by atoms with Gasteiger partial charge in [0.25, 0.3) is 11.1 Å². The molecular weight excluding hydrogens is 1540 g/mol. The van der Waals surface area contributed by atoms with Crippen molar-refractivity contribution in [1.82, 2.24) is 9.97 Å². The zero-order chi connectivity index (χ0) is 83.8. The van der Waals surface area contributed by atoms with Gasteiger partial charge < -0.3 is 25.1 Å². The Hall–Kier alpha value is -11.6. The van der Waals surface area contributed by atoms with Gasteiger partial charge in [-0.2, -0.15) is 10.5 Å². The molecule has 0 unspecified atom stereocenters. The van der Waals surface area contributed by atoms with Gasteiger partial charge >= 0.3 is 0 Å². The molecule has 586 valence electrons. The predicted octanol–water partition coefficient (Wildman–Crippen LogP) is 29.3. The highest BCUT2D eigenvalue weighted by atomic mass is 79.9. The topological polar surface area (TPSA) is 132 Å². The van der Waals surface area contributed by atoms with Gasteiger partial charge in [-0.15, -0.1) is 0 Å². The second kappa shape index (κ2) is 37.6. The lowest BCUT2D eigenvalue weighted by atomic mass is 9.86. The first-order chi connectivity index (χ1) is 54.2. The molecule has 13 rings (SSSR count). The van der Waals surface area contributed by atoms with E-state index in [-0.39, 0.29) is 54.7 Å². The Morgan fingerprint density at radius 3 is 0.852 bits per heavy atom. The number of hydrogen-bond donors (Lipinski definition) is 3. The van der Waals surface area contributed by atoms with E-state index in [2.05, 4.69) is 395 Å². The maximum atomic E-state index is 12.1. The van der Waals surface area contributed by atoms with Gasteiger partial charge in [0.2, 0.25) is 0 Å². The number of nitrogens with one attached hydrogen (secondary N) is 3. The minimum atomic E-state index is -0.368. The van der Waals surface area contributed by atoms with E-state index < -0.39 is 0 Å². The lowest BCUT2D eigenvalue weighted by Gasteiger charge is -2.28. The number of aromatic amines is 2. The molecule has 0 saturated carbocycles. The van der Waals surface area contributed by atoms with Gasteiger partial charge in [-0.3, -0.25) is 9.59 Å². The lowest BCUT2D eigenvalue weighted by molar-refractivity contribution is 0.590. The first-order valence-corrected chi connectivity index (χ1v) is 40.5. The molecular formula is C104H109Br2N7O2. The Bertz CT molecular complexity index is 5520. The molecule has 0 atom stereocenters. The fourth-order valence-corrected chi connectivity index (χ4v) is 13.2. The number of anilines is 8. The molecule has 0 amide bonds. The summed E-state index contributed by atoms with van der Waals surface area (Å²) in [7, 11) is 0. The van der Waals surface area contributed by atoms with Crippen LogP contribution < -0.4 is 26.2 Å². The van der Waals surface area contributed by atoms with Crippen LogP contribution in [-0.2, 0) is 32.5 Å².